The molecule has 0 N–H and O–H groups in total. The van der Waals surface area contributed by atoms with Crippen LogP contribution in [-0.2, 0) is 0 Å². The Morgan fingerprint density at radius 1 is 1.06 bits per heavy atom. The number of pyridine rings is 1. The van der Waals surface area contributed by atoms with Gasteiger partial charge in [-0.15, -0.1) is 0 Å². The van der Waals surface area contributed by atoms with Crippen LogP contribution >= 0.6 is 0 Å². The van der Waals surface area contributed by atoms with Crippen LogP contribution in [0, 0.1) is 13.8 Å². The van der Waals surface area contributed by atoms with Gasteiger partial charge in [-0.2, -0.15) is 5.10 Å². The minimum absolute atomic E-state index is 0.637. The van der Waals surface area contributed by atoms with Crippen LogP contribution in [0.15, 0.2) is 30.6 Å². The van der Waals surface area contributed by atoms with Crippen molar-refractivity contribution < 1.29 is 0 Å². The summed E-state index contributed by atoms with van der Waals surface area (Å²) >= 11 is 0. The van der Waals surface area contributed by atoms with Gasteiger partial charge in [-0.1, -0.05) is 0 Å². The summed E-state index contributed by atoms with van der Waals surface area (Å²) in [4.78, 5) is 12.8. The van der Waals surface area contributed by atoms with Crippen LogP contribution in [0.4, 0.5) is 0 Å². The van der Waals surface area contributed by atoms with Gasteiger partial charge in [0.1, 0.15) is 5.52 Å². The number of aromatic nitrogens is 5. The first-order chi connectivity index (χ1) is 8.24. The lowest BCUT2D eigenvalue weighted by molar-refractivity contribution is 0.809. The van der Waals surface area contributed by atoms with Crippen molar-refractivity contribution in [3.63, 3.8) is 0 Å². The topological polar surface area (TPSA) is 56.5 Å². The van der Waals surface area contributed by atoms with Gasteiger partial charge >= 0.3 is 0 Å². The zero-order valence-electron chi connectivity index (χ0n) is 9.62. The predicted molar refractivity (Wildman–Crippen MR) is 63.9 cm³/mol. The van der Waals surface area contributed by atoms with E-state index in [-0.39, 0.29) is 0 Å². The molecule has 0 amide bonds. The Morgan fingerprint density at radius 2 is 1.88 bits per heavy atom. The van der Waals surface area contributed by atoms with E-state index in [1.807, 2.05) is 36.7 Å². The standard InChI is InChI=1S/C12H11N5/c1-8-7-9(2)17(16-8)11-4-3-10-12(15-11)14-6-5-13-10/h3-7H,1-2H3. The lowest BCUT2D eigenvalue weighted by Gasteiger charge is -2.03. The lowest BCUT2D eigenvalue weighted by atomic mass is 10.4. The number of hydrogen-bond donors (Lipinski definition) is 0. The molecule has 0 aliphatic heterocycles. The first-order valence-corrected chi connectivity index (χ1v) is 5.35. The van der Waals surface area contributed by atoms with Crippen LogP contribution in [0.1, 0.15) is 11.4 Å². The second kappa shape index (κ2) is 3.62. The molecular formula is C12H11N5. The maximum absolute atomic E-state index is 4.45. The molecule has 84 valence electrons. The van der Waals surface area contributed by atoms with Gasteiger partial charge in [-0.05, 0) is 32.0 Å². The Kier molecular flexibility index (Phi) is 2.11. The Bertz CT molecular complexity index is 686. The molecule has 5 nitrogen and oxygen atoms in total. The largest absolute Gasteiger partial charge is 0.251 e. The van der Waals surface area contributed by atoms with E-state index in [1.165, 1.54) is 0 Å². The van der Waals surface area contributed by atoms with Crippen molar-refractivity contribution in [1.29, 1.82) is 0 Å². The van der Waals surface area contributed by atoms with Crippen molar-refractivity contribution in [2.24, 2.45) is 0 Å². The molecule has 0 radical (unpaired) electrons. The SMILES string of the molecule is Cc1cc(C)n(-c2ccc3nccnc3n2)n1. The number of rotatable bonds is 1. The van der Waals surface area contributed by atoms with E-state index in [9.17, 15) is 0 Å². The zero-order valence-corrected chi connectivity index (χ0v) is 9.62. The molecule has 3 aromatic heterocycles. The molecular weight excluding hydrogens is 214 g/mol. The molecule has 5 heteroatoms. The summed E-state index contributed by atoms with van der Waals surface area (Å²) in [6, 6.07) is 5.82. The highest BCUT2D eigenvalue weighted by molar-refractivity contribution is 5.70. The third-order valence-corrected chi connectivity index (χ3v) is 2.54. The smallest absolute Gasteiger partial charge is 0.180 e. The van der Waals surface area contributed by atoms with Crippen molar-refractivity contribution in [2.45, 2.75) is 13.8 Å². The maximum Gasteiger partial charge on any atom is 0.180 e. The average molecular weight is 225 g/mol. The van der Waals surface area contributed by atoms with Crippen LogP contribution in [0.3, 0.4) is 0 Å². The van der Waals surface area contributed by atoms with E-state index in [0.717, 1.165) is 22.7 Å². The normalized spacial score (nSPS) is 10.9. The molecule has 0 aliphatic rings. The molecule has 0 saturated carbocycles. The van der Waals surface area contributed by atoms with E-state index in [4.69, 9.17) is 0 Å². The predicted octanol–water partition coefficient (Wildman–Crippen LogP) is 1.83. The number of fused-ring (bicyclic) bond motifs is 1. The third kappa shape index (κ3) is 1.65. The second-order valence-electron chi connectivity index (χ2n) is 3.91. The van der Waals surface area contributed by atoms with Crippen molar-refractivity contribution in [3.8, 4) is 5.82 Å². The molecule has 0 bridgehead atoms. The lowest BCUT2D eigenvalue weighted by Crippen LogP contribution is -2.02. The molecule has 0 atom stereocenters. The van der Waals surface area contributed by atoms with Gasteiger partial charge in [0, 0.05) is 18.1 Å². The summed E-state index contributed by atoms with van der Waals surface area (Å²) in [5, 5.41) is 4.39. The molecule has 0 aliphatic carbocycles. The summed E-state index contributed by atoms with van der Waals surface area (Å²) < 4.78 is 1.81. The van der Waals surface area contributed by atoms with Crippen LogP contribution in [0.5, 0.6) is 0 Å². The Morgan fingerprint density at radius 3 is 2.65 bits per heavy atom. The maximum atomic E-state index is 4.45. The molecule has 17 heavy (non-hydrogen) atoms. The van der Waals surface area contributed by atoms with Crippen molar-refractivity contribution in [1.82, 2.24) is 24.7 Å². The zero-order chi connectivity index (χ0) is 11.8. The molecule has 0 saturated heterocycles. The summed E-state index contributed by atoms with van der Waals surface area (Å²) in [5.41, 5.74) is 3.46. The number of nitrogens with zero attached hydrogens (tertiary/aromatic N) is 5. The van der Waals surface area contributed by atoms with Gasteiger partial charge in [-0.25, -0.2) is 14.6 Å². The summed E-state index contributed by atoms with van der Waals surface area (Å²) in [5.74, 6) is 0.767. The molecule has 0 aromatic carbocycles. The highest BCUT2D eigenvalue weighted by Gasteiger charge is 2.06. The summed E-state index contributed by atoms with van der Waals surface area (Å²) in [7, 11) is 0. The second-order valence-corrected chi connectivity index (χ2v) is 3.91. The van der Waals surface area contributed by atoms with Crippen LogP contribution in [0.2, 0.25) is 0 Å². The van der Waals surface area contributed by atoms with Gasteiger partial charge in [0.15, 0.2) is 11.5 Å². The number of aryl methyl sites for hydroxylation is 2. The third-order valence-electron chi connectivity index (χ3n) is 2.54. The summed E-state index contributed by atoms with van der Waals surface area (Å²) in [6.45, 7) is 3.97. The van der Waals surface area contributed by atoms with Gasteiger partial charge in [0.05, 0.1) is 5.69 Å². The van der Waals surface area contributed by atoms with Crippen LogP contribution in [-0.4, -0.2) is 24.7 Å². The Hall–Kier alpha value is -2.30. The van der Waals surface area contributed by atoms with E-state index in [1.54, 1.807) is 12.4 Å². The van der Waals surface area contributed by atoms with Gasteiger partial charge in [0.2, 0.25) is 0 Å². The van der Waals surface area contributed by atoms with Crippen molar-refractivity contribution in [2.75, 3.05) is 0 Å². The van der Waals surface area contributed by atoms with Crippen molar-refractivity contribution in [3.05, 3.63) is 42.0 Å². The Balaban J connectivity index is 2.21. The molecule has 3 heterocycles. The van der Waals surface area contributed by atoms with E-state index < -0.39 is 0 Å². The van der Waals surface area contributed by atoms with Crippen LogP contribution in [0.25, 0.3) is 17.0 Å². The fraction of sp³-hybridized carbons (Fsp3) is 0.167. The Labute approximate surface area is 98.2 Å². The fourth-order valence-electron chi connectivity index (χ4n) is 1.82. The fourth-order valence-corrected chi connectivity index (χ4v) is 1.82. The monoisotopic (exact) mass is 225 g/mol. The van der Waals surface area contributed by atoms with E-state index in [0.29, 0.717) is 5.65 Å². The van der Waals surface area contributed by atoms with E-state index in [2.05, 4.69) is 20.1 Å². The molecule has 3 rings (SSSR count). The number of hydrogen-bond acceptors (Lipinski definition) is 4. The molecule has 0 spiro atoms. The van der Waals surface area contributed by atoms with Gasteiger partial charge < -0.3 is 0 Å². The molecule has 0 fully saturated rings. The minimum atomic E-state index is 0.637. The van der Waals surface area contributed by atoms with Crippen molar-refractivity contribution >= 4 is 11.2 Å². The highest BCUT2D eigenvalue weighted by atomic mass is 15.3. The van der Waals surface area contributed by atoms with Gasteiger partial charge in [0.25, 0.3) is 0 Å². The van der Waals surface area contributed by atoms with Crippen LogP contribution < -0.4 is 0 Å². The highest BCUT2D eigenvalue weighted by Crippen LogP contribution is 2.12. The molecule has 0 unspecified atom stereocenters. The quantitative estimate of drug-likeness (QED) is 0.634. The first kappa shape index (κ1) is 9.89. The van der Waals surface area contributed by atoms with E-state index >= 15 is 0 Å². The molecule has 3 aromatic rings. The first-order valence-electron chi connectivity index (χ1n) is 5.35. The van der Waals surface area contributed by atoms with Gasteiger partial charge in [-0.3, -0.25) is 4.98 Å². The average Bonchev–Trinajstić information content (AvgIpc) is 2.68. The minimum Gasteiger partial charge on any atom is -0.251 e. The summed E-state index contributed by atoms with van der Waals surface area (Å²) in [6.07, 6.45) is 3.30.